The van der Waals surface area contributed by atoms with Crippen LogP contribution >= 0.6 is 24.2 Å². The number of aromatic nitrogens is 3. The Morgan fingerprint density at radius 1 is 0.950 bits per heavy atom. The van der Waals surface area contributed by atoms with E-state index in [-0.39, 0.29) is 35.7 Å². The fraction of sp³-hybridized carbons (Fsp3) is 0.103. The lowest BCUT2D eigenvalue weighted by Crippen LogP contribution is -2.16. The van der Waals surface area contributed by atoms with Crippen molar-refractivity contribution < 1.29 is 18.7 Å². The first-order valence-corrected chi connectivity index (χ1v) is 13.0. The number of nitrogens with zero attached hydrogens (tertiary/aromatic N) is 3. The van der Waals surface area contributed by atoms with Crippen LogP contribution in [-0.2, 0) is 4.79 Å². The van der Waals surface area contributed by atoms with Crippen LogP contribution in [0.25, 0.3) is 17.1 Å². The van der Waals surface area contributed by atoms with Gasteiger partial charge in [-0.1, -0.05) is 36.0 Å². The molecule has 0 fully saturated rings. The van der Waals surface area contributed by atoms with Crippen molar-refractivity contribution in [2.75, 3.05) is 23.5 Å². The summed E-state index contributed by atoms with van der Waals surface area (Å²) in [5.74, 6) is 1.12. The number of para-hydroxylation sites is 1. The van der Waals surface area contributed by atoms with Crippen molar-refractivity contribution in [2.24, 2.45) is 0 Å². The van der Waals surface area contributed by atoms with Crippen LogP contribution in [0.15, 0.2) is 101 Å². The number of methoxy groups -OCH3 is 1. The van der Waals surface area contributed by atoms with E-state index in [0.717, 1.165) is 22.6 Å². The molecule has 0 saturated heterocycles. The molecule has 204 valence electrons. The average molecular weight is 576 g/mol. The zero-order valence-electron chi connectivity index (χ0n) is 21.7. The molecule has 0 radical (unpaired) electrons. The maximum Gasteiger partial charge on any atom is 0.291 e. The summed E-state index contributed by atoms with van der Waals surface area (Å²) >= 11 is 1.28. The molecule has 2 aromatic heterocycles. The highest BCUT2D eigenvalue weighted by atomic mass is 35.5. The number of rotatable bonds is 9. The summed E-state index contributed by atoms with van der Waals surface area (Å²) < 4.78 is 12.3. The number of hydrogen-bond acceptors (Lipinski definition) is 7. The van der Waals surface area contributed by atoms with Crippen LogP contribution in [0.2, 0.25) is 0 Å². The lowest BCUT2D eigenvalue weighted by molar-refractivity contribution is -0.113. The summed E-state index contributed by atoms with van der Waals surface area (Å²) in [6.07, 6.45) is 1.44. The van der Waals surface area contributed by atoms with E-state index in [9.17, 15) is 9.59 Å². The zero-order chi connectivity index (χ0) is 27.2. The average Bonchev–Trinajstić information content (AvgIpc) is 3.65. The van der Waals surface area contributed by atoms with E-state index in [1.807, 2.05) is 72.2 Å². The molecule has 0 unspecified atom stereocenters. The molecule has 3 aromatic carbocycles. The van der Waals surface area contributed by atoms with Gasteiger partial charge in [-0.25, -0.2) is 0 Å². The van der Waals surface area contributed by atoms with E-state index in [2.05, 4.69) is 20.8 Å². The molecule has 2 N–H and O–H groups in total. The third-order valence-corrected chi connectivity index (χ3v) is 6.77. The molecule has 9 nitrogen and oxygen atoms in total. The van der Waals surface area contributed by atoms with Gasteiger partial charge >= 0.3 is 0 Å². The van der Waals surface area contributed by atoms with Gasteiger partial charge in [-0.2, -0.15) is 0 Å². The van der Waals surface area contributed by atoms with Gasteiger partial charge in [0.2, 0.25) is 5.91 Å². The summed E-state index contributed by atoms with van der Waals surface area (Å²) in [6.45, 7) is 1.88. The molecule has 40 heavy (non-hydrogen) atoms. The van der Waals surface area contributed by atoms with Gasteiger partial charge in [-0.3, -0.25) is 14.2 Å². The van der Waals surface area contributed by atoms with Crippen molar-refractivity contribution in [1.29, 1.82) is 0 Å². The van der Waals surface area contributed by atoms with Crippen molar-refractivity contribution in [3.8, 4) is 22.8 Å². The third-order valence-electron chi connectivity index (χ3n) is 5.84. The predicted molar refractivity (Wildman–Crippen MR) is 158 cm³/mol. The molecule has 11 heteroatoms. The van der Waals surface area contributed by atoms with Crippen LogP contribution < -0.4 is 15.4 Å². The summed E-state index contributed by atoms with van der Waals surface area (Å²) in [7, 11) is 1.62. The third kappa shape index (κ3) is 6.53. The number of aryl methyl sites for hydroxylation is 1. The lowest BCUT2D eigenvalue weighted by Gasteiger charge is -2.12. The number of furan rings is 1. The van der Waals surface area contributed by atoms with E-state index in [1.54, 1.807) is 31.4 Å². The highest BCUT2D eigenvalue weighted by Gasteiger charge is 2.18. The van der Waals surface area contributed by atoms with E-state index in [1.165, 1.54) is 18.0 Å². The van der Waals surface area contributed by atoms with Crippen molar-refractivity contribution in [3.63, 3.8) is 0 Å². The minimum absolute atomic E-state index is 0. The molecule has 0 spiro atoms. The second-order valence-corrected chi connectivity index (χ2v) is 9.45. The number of thioether (sulfide) groups is 1. The van der Waals surface area contributed by atoms with Crippen LogP contribution in [0.3, 0.4) is 0 Å². The van der Waals surface area contributed by atoms with Gasteiger partial charge in [0.1, 0.15) is 5.75 Å². The van der Waals surface area contributed by atoms with E-state index in [0.29, 0.717) is 22.4 Å². The second kappa shape index (κ2) is 13.0. The predicted octanol–water partition coefficient (Wildman–Crippen LogP) is 6.25. The maximum atomic E-state index is 12.9. The molecule has 0 aliphatic heterocycles. The number of carbonyl (C=O) groups is 2. The fourth-order valence-electron chi connectivity index (χ4n) is 3.85. The Morgan fingerprint density at radius 3 is 2.42 bits per heavy atom. The SMILES string of the molecule is COc1ccc(-c2nnc(SCC(=O)Nc3cc(NC(=O)c4ccco4)ccc3C)n2-c2ccccc2)cc1.Cl. The Morgan fingerprint density at radius 2 is 1.73 bits per heavy atom. The lowest BCUT2D eigenvalue weighted by atomic mass is 10.1. The van der Waals surface area contributed by atoms with Crippen LogP contribution in [-0.4, -0.2) is 39.4 Å². The highest BCUT2D eigenvalue weighted by Crippen LogP contribution is 2.29. The number of hydrogen-bond donors (Lipinski definition) is 2. The quantitative estimate of drug-likeness (QED) is 0.200. The molecule has 5 aromatic rings. The first-order valence-electron chi connectivity index (χ1n) is 12.1. The van der Waals surface area contributed by atoms with E-state index in [4.69, 9.17) is 9.15 Å². The summed E-state index contributed by atoms with van der Waals surface area (Å²) in [5, 5.41) is 15.1. The van der Waals surface area contributed by atoms with Crippen molar-refractivity contribution in [2.45, 2.75) is 12.1 Å². The van der Waals surface area contributed by atoms with Crippen molar-refractivity contribution >= 4 is 47.4 Å². The number of amides is 2. The maximum absolute atomic E-state index is 12.9. The van der Waals surface area contributed by atoms with Gasteiger partial charge in [0.25, 0.3) is 5.91 Å². The first-order chi connectivity index (χ1) is 19.0. The number of halogens is 1. The van der Waals surface area contributed by atoms with Gasteiger partial charge in [-0.05, 0) is 73.2 Å². The summed E-state index contributed by atoms with van der Waals surface area (Å²) in [5.41, 5.74) is 3.75. The Balaban J connectivity index is 0.00000370. The normalized spacial score (nSPS) is 10.4. The highest BCUT2D eigenvalue weighted by molar-refractivity contribution is 7.99. The van der Waals surface area contributed by atoms with Crippen LogP contribution in [0.4, 0.5) is 11.4 Å². The molecule has 0 aliphatic rings. The summed E-state index contributed by atoms with van der Waals surface area (Å²) in [6, 6.07) is 25.9. The Labute approximate surface area is 241 Å². The van der Waals surface area contributed by atoms with Gasteiger partial charge in [0, 0.05) is 22.6 Å². The molecule has 5 rings (SSSR count). The van der Waals surface area contributed by atoms with Crippen LogP contribution in [0.1, 0.15) is 16.1 Å². The molecular formula is C29H26ClN5O4S. The minimum atomic E-state index is -0.371. The molecule has 2 amide bonds. The van der Waals surface area contributed by atoms with Crippen LogP contribution in [0.5, 0.6) is 5.75 Å². The minimum Gasteiger partial charge on any atom is -0.497 e. The second-order valence-electron chi connectivity index (χ2n) is 8.50. The largest absolute Gasteiger partial charge is 0.497 e. The monoisotopic (exact) mass is 575 g/mol. The Hall–Kier alpha value is -4.54. The number of anilines is 2. The molecule has 0 bridgehead atoms. The molecule has 0 atom stereocenters. The molecule has 0 aliphatic carbocycles. The van der Waals surface area contributed by atoms with E-state index >= 15 is 0 Å². The number of nitrogens with one attached hydrogen (secondary N) is 2. The topological polar surface area (TPSA) is 111 Å². The summed E-state index contributed by atoms with van der Waals surface area (Å²) in [4.78, 5) is 25.3. The Kier molecular flexibility index (Phi) is 9.26. The fourth-order valence-corrected chi connectivity index (χ4v) is 4.60. The van der Waals surface area contributed by atoms with Crippen LogP contribution in [0, 0.1) is 6.92 Å². The van der Waals surface area contributed by atoms with Gasteiger partial charge in [0.15, 0.2) is 16.7 Å². The number of carbonyl (C=O) groups excluding carboxylic acids is 2. The smallest absolute Gasteiger partial charge is 0.291 e. The molecular weight excluding hydrogens is 550 g/mol. The Bertz CT molecular complexity index is 1590. The first kappa shape index (κ1) is 28.5. The van der Waals surface area contributed by atoms with Crippen molar-refractivity contribution in [1.82, 2.24) is 14.8 Å². The van der Waals surface area contributed by atoms with Gasteiger partial charge in [-0.15, -0.1) is 22.6 Å². The van der Waals surface area contributed by atoms with E-state index < -0.39 is 0 Å². The molecule has 2 heterocycles. The van der Waals surface area contributed by atoms with Gasteiger partial charge < -0.3 is 19.8 Å². The zero-order valence-corrected chi connectivity index (χ0v) is 23.3. The molecule has 0 saturated carbocycles. The number of benzene rings is 3. The number of ether oxygens (including phenoxy) is 1. The van der Waals surface area contributed by atoms with Gasteiger partial charge in [0.05, 0.1) is 19.1 Å². The standard InChI is InChI=1S/C29H25N5O4S.ClH/c1-19-10-13-21(30-28(36)25-9-6-16-38-25)17-24(19)31-26(35)18-39-29-33-32-27(20-11-14-23(37-2)15-12-20)34(29)22-7-4-3-5-8-22;/h3-17H,18H2,1-2H3,(H,30,36)(H,31,35);1H. The van der Waals surface area contributed by atoms with Crippen molar-refractivity contribution in [3.05, 3.63) is 103 Å².